The number of amides is 2. The van der Waals surface area contributed by atoms with E-state index in [4.69, 9.17) is 0 Å². The van der Waals surface area contributed by atoms with Crippen molar-refractivity contribution >= 4 is 23.2 Å². The van der Waals surface area contributed by atoms with Crippen LogP contribution in [0.1, 0.15) is 53.6 Å². The van der Waals surface area contributed by atoms with Crippen molar-refractivity contribution in [2.24, 2.45) is 5.92 Å². The van der Waals surface area contributed by atoms with Crippen molar-refractivity contribution in [1.29, 1.82) is 0 Å². The van der Waals surface area contributed by atoms with Gasteiger partial charge in [0.2, 0.25) is 5.91 Å². The molecule has 1 saturated carbocycles. The fourth-order valence-electron chi connectivity index (χ4n) is 4.20. The second kappa shape index (κ2) is 7.54. The fourth-order valence-corrected chi connectivity index (χ4v) is 4.20. The maximum absolute atomic E-state index is 13.0. The number of hydrogen-bond donors (Lipinski definition) is 1. The molecular weight excluding hydrogens is 381 g/mol. The predicted molar refractivity (Wildman–Crippen MR) is 104 cm³/mol. The Kier molecular flexibility index (Phi) is 5.06. The van der Waals surface area contributed by atoms with Crippen LogP contribution >= 0.6 is 0 Å². The molecule has 152 valence electrons. The molecule has 1 fully saturated rings. The lowest BCUT2D eigenvalue weighted by Crippen LogP contribution is -2.24. The van der Waals surface area contributed by atoms with Crippen molar-refractivity contribution in [3.05, 3.63) is 59.2 Å². The molecule has 0 unspecified atom stereocenters. The number of hydrogen-bond acceptors (Lipinski definition) is 2. The summed E-state index contributed by atoms with van der Waals surface area (Å²) in [4.78, 5) is 26.7. The molecule has 1 aliphatic heterocycles. The van der Waals surface area contributed by atoms with E-state index in [9.17, 15) is 22.8 Å². The van der Waals surface area contributed by atoms with Gasteiger partial charge in [-0.15, -0.1) is 0 Å². The zero-order valence-corrected chi connectivity index (χ0v) is 15.8. The summed E-state index contributed by atoms with van der Waals surface area (Å²) in [5.41, 5.74) is 0.842. The van der Waals surface area contributed by atoms with Crippen LogP contribution < -0.4 is 10.2 Å². The molecule has 0 radical (unpaired) electrons. The van der Waals surface area contributed by atoms with Gasteiger partial charge in [-0.3, -0.25) is 9.59 Å². The highest BCUT2D eigenvalue weighted by atomic mass is 19.4. The van der Waals surface area contributed by atoms with Gasteiger partial charge in [0.25, 0.3) is 5.91 Å². The summed E-state index contributed by atoms with van der Waals surface area (Å²) >= 11 is 0. The Morgan fingerprint density at radius 1 is 1.10 bits per heavy atom. The first-order chi connectivity index (χ1) is 13.8. The van der Waals surface area contributed by atoms with Gasteiger partial charge in [0, 0.05) is 12.1 Å². The van der Waals surface area contributed by atoms with Crippen LogP contribution in [-0.4, -0.2) is 11.8 Å². The minimum absolute atomic E-state index is 0.129. The van der Waals surface area contributed by atoms with Gasteiger partial charge < -0.3 is 10.2 Å². The number of nitrogens with one attached hydrogen (secondary N) is 1. The van der Waals surface area contributed by atoms with Gasteiger partial charge in [0.15, 0.2) is 0 Å². The second-order valence-corrected chi connectivity index (χ2v) is 7.68. The highest BCUT2D eigenvalue weighted by molar-refractivity contribution is 6.15. The highest BCUT2D eigenvalue weighted by Crippen LogP contribution is 2.36. The Bertz CT molecular complexity index is 949. The molecule has 0 bridgehead atoms. The van der Waals surface area contributed by atoms with Crippen molar-refractivity contribution in [2.45, 2.75) is 44.8 Å². The molecule has 2 aliphatic rings. The van der Waals surface area contributed by atoms with E-state index in [1.807, 2.05) is 0 Å². The lowest BCUT2D eigenvalue weighted by Gasteiger charge is -2.18. The Morgan fingerprint density at radius 2 is 1.83 bits per heavy atom. The van der Waals surface area contributed by atoms with Crippen LogP contribution in [0.2, 0.25) is 0 Å². The number of halogens is 3. The molecule has 0 atom stereocenters. The van der Waals surface area contributed by atoms with Gasteiger partial charge in [-0.1, -0.05) is 31.0 Å². The number of alkyl halides is 3. The average molecular weight is 402 g/mol. The number of carbonyl (C=O) groups excluding carboxylic acids is 2. The summed E-state index contributed by atoms with van der Waals surface area (Å²) in [5, 5.41) is 2.84. The Hall–Kier alpha value is -2.83. The Labute approximate surface area is 166 Å². The Balaban J connectivity index is 1.56. The van der Waals surface area contributed by atoms with Gasteiger partial charge >= 0.3 is 6.18 Å². The van der Waals surface area contributed by atoms with E-state index in [0.717, 1.165) is 37.8 Å². The van der Waals surface area contributed by atoms with Crippen molar-refractivity contribution in [3.63, 3.8) is 0 Å². The number of carbonyl (C=O) groups is 2. The molecule has 29 heavy (non-hydrogen) atoms. The normalized spacial score (nSPS) is 16.9. The molecule has 0 saturated heterocycles. The molecule has 0 spiro atoms. The first-order valence-corrected chi connectivity index (χ1v) is 9.74. The van der Waals surface area contributed by atoms with Crippen molar-refractivity contribution in [2.75, 3.05) is 10.2 Å². The molecule has 1 heterocycles. The van der Waals surface area contributed by atoms with E-state index >= 15 is 0 Å². The molecule has 2 aromatic carbocycles. The van der Waals surface area contributed by atoms with Gasteiger partial charge in [-0.2, -0.15) is 13.2 Å². The predicted octanol–water partition coefficient (Wildman–Crippen LogP) is 5.38. The zero-order chi connectivity index (χ0) is 20.6. The van der Waals surface area contributed by atoms with E-state index in [1.165, 1.54) is 17.0 Å². The van der Waals surface area contributed by atoms with E-state index in [2.05, 4.69) is 5.32 Å². The highest BCUT2D eigenvalue weighted by Gasteiger charge is 2.34. The summed E-state index contributed by atoms with van der Waals surface area (Å²) < 4.78 is 39.1. The molecule has 1 N–H and O–H groups in total. The fraction of sp³-hybridized carbons (Fsp3) is 0.364. The van der Waals surface area contributed by atoms with Crippen LogP contribution in [0.4, 0.5) is 24.5 Å². The first kappa shape index (κ1) is 19.5. The topological polar surface area (TPSA) is 49.4 Å². The lowest BCUT2D eigenvalue weighted by molar-refractivity contribution is -0.137. The third-order valence-electron chi connectivity index (χ3n) is 5.65. The van der Waals surface area contributed by atoms with Crippen molar-refractivity contribution in [3.8, 4) is 0 Å². The van der Waals surface area contributed by atoms with Crippen molar-refractivity contribution in [1.82, 2.24) is 0 Å². The van der Waals surface area contributed by atoms with Gasteiger partial charge in [-0.25, -0.2) is 0 Å². The van der Waals surface area contributed by atoms with Crippen molar-refractivity contribution < 1.29 is 22.8 Å². The summed E-state index contributed by atoms with van der Waals surface area (Å²) in [6, 6.07) is 9.89. The van der Waals surface area contributed by atoms with Crippen LogP contribution in [0, 0.1) is 5.92 Å². The Morgan fingerprint density at radius 3 is 2.55 bits per heavy atom. The SMILES string of the molecule is O=C(CC1CCCC1)Nc1cccc2c1C(=O)N(c1cccc(C(F)(F)F)c1)C2. The third kappa shape index (κ3) is 3.99. The average Bonchev–Trinajstić information content (AvgIpc) is 3.29. The van der Waals surface area contributed by atoms with Gasteiger partial charge in [-0.05, 0) is 48.6 Å². The number of nitrogens with zero attached hydrogens (tertiary/aromatic N) is 1. The lowest BCUT2D eigenvalue weighted by atomic mass is 10.0. The molecule has 7 heteroatoms. The van der Waals surface area contributed by atoms with Crippen LogP contribution in [0.3, 0.4) is 0 Å². The van der Waals surface area contributed by atoms with E-state index in [1.54, 1.807) is 18.2 Å². The smallest absolute Gasteiger partial charge is 0.325 e. The summed E-state index contributed by atoms with van der Waals surface area (Å²) in [7, 11) is 0. The van der Waals surface area contributed by atoms with Crippen LogP contribution in [0.5, 0.6) is 0 Å². The summed E-state index contributed by atoms with van der Waals surface area (Å²) in [6.07, 6.45) is 0.317. The maximum Gasteiger partial charge on any atom is 0.416 e. The molecule has 0 aromatic heterocycles. The van der Waals surface area contributed by atoms with Crippen LogP contribution in [0.15, 0.2) is 42.5 Å². The molecule has 4 rings (SSSR count). The van der Waals surface area contributed by atoms with Crippen LogP contribution in [0.25, 0.3) is 0 Å². The first-order valence-electron chi connectivity index (χ1n) is 9.74. The van der Waals surface area contributed by atoms with Crippen LogP contribution in [-0.2, 0) is 17.5 Å². The van der Waals surface area contributed by atoms with Gasteiger partial charge in [0.05, 0.1) is 23.4 Å². The molecule has 2 aromatic rings. The monoisotopic (exact) mass is 402 g/mol. The number of benzene rings is 2. The zero-order valence-electron chi connectivity index (χ0n) is 15.8. The number of rotatable bonds is 4. The largest absolute Gasteiger partial charge is 0.416 e. The molecule has 1 aliphatic carbocycles. The maximum atomic E-state index is 13.0. The van der Waals surface area contributed by atoms with Gasteiger partial charge in [0.1, 0.15) is 0 Å². The summed E-state index contributed by atoms with van der Waals surface area (Å²) in [5.74, 6) is -0.157. The minimum atomic E-state index is -4.48. The summed E-state index contributed by atoms with van der Waals surface area (Å²) in [6.45, 7) is 0.168. The molecule has 4 nitrogen and oxygen atoms in total. The molecule has 2 amide bonds. The van der Waals surface area contributed by atoms with E-state index < -0.39 is 17.6 Å². The quantitative estimate of drug-likeness (QED) is 0.746. The number of fused-ring (bicyclic) bond motifs is 1. The molecular formula is C22H21F3N2O2. The third-order valence-corrected chi connectivity index (χ3v) is 5.65. The standard InChI is InChI=1S/C22H21F3N2O2/c23-22(24,25)16-8-4-9-17(12-16)27-13-15-7-3-10-18(20(15)21(27)29)26-19(28)11-14-5-1-2-6-14/h3-4,7-10,12,14H,1-2,5-6,11,13H2,(H,26,28). The van der Waals surface area contributed by atoms with E-state index in [-0.39, 0.29) is 18.1 Å². The second-order valence-electron chi connectivity index (χ2n) is 7.68. The van der Waals surface area contributed by atoms with E-state index in [0.29, 0.717) is 29.2 Å². The minimum Gasteiger partial charge on any atom is -0.325 e. The number of anilines is 2.